The third-order valence-corrected chi connectivity index (χ3v) is 7.04. The number of carbonyl (C=O) groups is 1. The molecule has 5 atom stereocenters. The molecule has 0 spiro atoms. The minimum atomic E-state index is -1.78. The monoisotopic (exact) mass is 502 g/mol. The number of fused-ring (bicyclic) bond motifs is 2. The molecule has 1 aromatic carbocycles. The Kier molecular flexibility index (Phi) is 6.80. The smallest absolute Gasteiger partial charge is 0.335 e. The third-order valence-electron chi connectivity index (χ3n) is 6.80. The molecular weight excluding hydrogens is 476 g/mol. The van der Waals surface area contributed by atoms with Gasteiger partial charge in [-0.15, -0.1) is 0 Å². The Morgan fingerprint density at radius 2 is 1.77 bits per heavy atom. The number of aliphatic hydroxyl groups excluding tert-OH is 3. The number of carboxylic acids is 1. The fourth-order valence-electron chi connectivity index (χ4n) is 5.00. The van der Waals surface area contributed by atoms with Gasteiger partial charge < -0.3 is 35.2 Å². The maximum absolute atomic E-state index is 11.4. The summed E-state index contributed by atoms with van der Waals surface area (Å²) in [6, 6.07) is 7.74. The second kappa shape index (κ2) is 9.85. The van der Waals surface area contributed by atoms with Gasteiger partial charge in [0.15, 0.2) is 6.10 Å². The first-order valence-electron chi connectivity index (χ1n) is 11.6. The first-order valence-corrected chi connectivity index (χ1v) is 12.0. The van der Waals surface area contributed by atoms with E-state index in [1.54, 1.807) is 6.07 Å². The van der Waals surface area contributed by atoms with Crippen LogP contribution in [0.5, 0.6) is 5.75 Å². The number of pyridine rings is 1. The molecule has 0 radical (unpaired) electrons. The number of rotatable bonds is 3. The molecular formula is C25H27ClN2O7. The van der Waals surface area contributed by atoms with Crippen LogP contribution in [0.2, 0.25) is 5.02 Å². The molecule has 3 heterocycles. The fourth-order valence-corrected chi connectivity index (χ4v) is 5.19. The third kappa shape index (κ3) is 4.67. The van der Waals surface area contributed by atoms with Crippen molar-refractivity contribution in [3.05, 3.63) is 63.4 Å². The molecule has 1 unspecified atom stereocenters. The lowest BCUT2D eigenvalue weighted by atomic mass is 9.89. The van der Waals surface area contributed by atoms with Crippen LogP contribution < -0.4 is 10.1 Å². The van der Waals surface area contributed by atoms with E-state index in [1.807, 2.05) is 18.2 Å². The molecule has 1 aliphatic carbocycles. The number of piperidine rings is 1. The van der Waals surface area contributed by atoms with Crippen LogP contribution >= 0.6 is 11.6 Å². The molecule has 9 nitrogen and oxygen atoms in total. The Bertz CT molecular complexity index is 1160. The van der Waals surface area contributed by atoms with Crippen LogP contribution in [0.3, 0.4) is 0 Å². The summed E-state index contributed by atoms with van der Waals surface area (Å²) in [5.74, 6) is -1.20. The van der Waals surface area contributed by atoms with Crippen LogP contribution in [0, 0.1) is 0 Å². The van der Waals surface area contributed by atoms with Gasteiger partial charge in [-0.1, -0.05) is 23.2 Å². The van der Waals surface area contributed by atoms with Crippen molar-refractivity contribution in [1.82, 2.24) is 10.3 Å². The molecule has 5 rings (SSSR count). The van der Waals surface area contributed by atoms with Gasteiger partial charge in [0.25, 0.3) is 0 Å². The van der Waals surface area contributed by atoms with E-state index in [2.05, 4.69) is 5.32 Å². The summed E-state index contributed by atoms with van der Waals surface area (Å²) in [4.78, 5) is 16.1. The Hall–Kier alpha value is -2.53. The minimum absolute atomic E-state index is 0.263. The van der Waals surface area contributed by atoms with Crippen LogP contribution in [0.1, 0.15) is 35.2 Å². The number of aryl methyl sites for hydroxylation is 2. The van der Waals surface area contributed by atoms with Crippen molar-refractivity contribution in [1.29, 1.82) is 0 Å². The van der Waals surface area contributed by atoms with E-state index in [0.717, 1.165) is 60.3 Å². The van der Waals surface area contributed by atoms with Crippen molar-refractivity contribution in [2.45, 2.75) is 56.4 Å². The highest BCUT2D eigenvalue weighted by molar-refractivity contribution is 6.30. The maximum atomic E-state index is 11.4. The molecule has 10 heteroatoms. The highest BCUT2D eigenvalue weighted by atomic mass is 35.5. The number of ether oxygens (including phenoxy) is 2. The molecule has 0 saturated carbocycles. The summed E-state index contributed by atoms with van der Waals surface area (Å²) in [5.41, 5.74) is 6.50. The number of halogens is 1. The molecule has 0 amide bonds. The predicted molar refractivity (Wildman–Crippen MR) is 126 cm³/mol. The van der Waals surface area contributed by atoms with Crippen molar-refractivity contribution in [3.63, 3.8) is 0 Å². The average molecular weight is 503 g/mol. The highest BCUT2D eigenvalue weighted by Crippen LogP contribution is 2.39. The van der Waals surface area contributed by atoms with E-state index in [4.69, 9.17) is 26.1 Å². The molecule has 35 heavy (non-hydrogen) atoms. The minimum Gasteiger partial charge on any atom is -0.479 e. The predicted octanol–water partition coefficient (Wildman–Crippen LogP) is 1.29. The standard InChI is InChI=1S/C25H27ClN2O7/c26-15-3-4-17-13(9-15)1-2-14-10-16(11-28-19(14)18(17)12-5-7-27-8-6-12)34-25-22(31)20(29)21(30)23(35-25)24(32)33/h3-4,9-11,20-23,25,27,29-31H,1-2,5-8H2,(H,32,33)/t20-,21-,22-,23?,25+/m0/s1. The normalized spacial score (nSPS) is 28.6. The lowest BCUT2D eigenvalue weighted by molar-refractivity contribution is -0.271. The second-order valence-corrected chi connectivity index (χ2v) is 9.50. The quantitative estimate of drug-likeness (QED) is 0.419. The van der Waals surface area contributed by atoms with E-state index in [1.165, 1.54) is 11.8 Å². The van der Waals surface area contributed by atoms with E-state index in [-0.39, 0.29) is 5.75 Å². The summed E-state index contributed by atoms with van der Waals surface area (Å²) in [5, 5.41) is 43.6. The number of nitrogens with one attached hydrogen (secondary N) is 1. The van der Waals surface area contributed by atoms with Crippen LogP contribution in [-0.2, 0) is 22.4 Å². The lowest BCUT2D eigenvalue weighted by Crippen LogP contribution is -2.61. The zero-order valence-electron chi connectivity index (χ0n) is 18.9. The molecule has 1 aromatic heterocycles. The van der Waals surface area contributed by atoms with Gasteiger partial charge in [-0.3, -0.25) is 4.98 Å². The van der Waals surface area contributed by atoms with Gasteiger partial charge in [-0.2, -0.15) is 0 Å². The summed E-state index contributed by atoms with van der Waals surface area (Å²) >= 11 is 6.30. The SMILES string of the molecule is O=C(O)C1O[C@@H](Oc2cnc3c(c2)CCc2cc(Cl)ccc2C3=C2CCNCC2)[C@@H](O)[C@@H](O)[C@@H]1O. The fraction of sp³-hybridized carbons (Fsp3) is 0.440. The summed E-state index contributed by atoms with van der Waals surface area (Å²) in [7, 11) is 0. The number of aliphatic carboxylic acids is 1. The Morgan fingerprint density at radius 3 is 2.51 bits per heavy atom. The Morgan fingerprint density at radius 1 is 1.03 bits per heavy atom. The van der Waals surface area contributed by atoms with Gasteiger partial charge in [0.2, 0.25) is 6.29 Å². The number of benzene rings is 1. The van der Waals surface area contributed by atoms with Crippen LogP contribution in [0.4, 0.5) is 0 Å². The largest absolute Gasteiger partial charge is 0.479 e. The summed E-state index contributed by atoms with van der Waals surface area (Å²) in [6.45, 7) is 1.79. The van der Waals surface area contributed by atoms with Crippen molar-refractivity contribution >= 4 is 23.1 Å². The van der Waals surface area contributed by atoms with Gasteiger partial charge in [0.05, 0.1) is 11.9 Å². The first-order chi connectivity index (χ1) is 16.8. The van der Waals surface area contributed by atoms with Gasteiger partial charge in [-0.05, 0) is 73.7 Å². The Labute approximate surface area is 207 Å². The summed E-state index contributed by atoms with van der Waals surface area (Å²) in [6.07, 6.45) is -3.63. The number of carboxylic acid groups (broad SMARTS) is 1. The highest BCUT2D eigenvalue weighted by Gasteiger charge is 2.48. The average Bonchev–Trinajstić information content (AvgIpc) is 3.01. The number of nitrogens with zero attached hydrogens (tertiary/aromatic N) is 1. The van der Waals surface area contributed by atoms with E-state index >= 15 is 0 Å². The Balaban J connectivity index is 1.50. The molecule has 186 valence electrons. The van der Waals surface area contributed by atoms with Gasteiger partial charge in [0, 0.05) is 10.6 Å². The summed E-state index contributed by atoms with van der Waals surface area (Å²) < 4.78 is 11.0. The van der Waals surface area contributed by atoms with Crippen LogP contribution in [0.15, 0.2) is 36.0 Å². The molecule has 5 N–H and O–H groups in total. The van der Waals surface area contributed by atoms with Gasteiger partial charge in [-0.25, -0.2) is 4.79 Å². The van der Waals surface area contributed by atoms with E-state index in [0.29, 0.717) is 11.4 Å². The van der Waals surface area contributed by atoms with Gasteiger partial charge in [0.1, 0.15) is 24.1 Å². The van der Waals surface area contributed by atoms with Crippen molar-refractivity contribution in [2.75, 3.05) is 13.1 Å². The van der Waals surface area contributed by atoms with Crippen LogP contribution in [0.25, 0.3) is 5.57 Å². The molecule has 2 aromatic rings. The lowest BCUT2D eigenvalue weighted by Gasteiger charge is -2.38. The van der Waals surface area contributed by atoms with E-state index in [9.17, 15) is 25.2 Å². The first kappa shape index (κ1) is 24.2. The zero-order valence-corrected chi connectivity index (χ0v) is 19.6. The van der Waals surface area contributed by atoms with Crippen LogP contribution in [-0.4, -0.2) is 75.2 Å². The topological polar surface area (TPSA) is 141 Å². The molecule has 2 aliphatic heterocycles. The maximum Gasteiger partial charge on any atom is 0.335 e. The van der Waals surface area contributed by atoms with Crippen molar-refractivity contribution in [2.24, 2.45) is 0 Å². The second-order valence-electron chi connectivity index (χ2n) is 9.06. The molecule has 2 fully saturated rings. The van der Waals surface area contributed by atoms with Crippen molar-refractivity contribution < 1.29 is 34.7 Å². The number of aromatic nitrogens is 1. The molecule has 0 bridgehead atoms. The van der Waals surface area contributed by atoms with Crippen molar-refractivity contribution in [3.8, 4) is 5.75 Å². The number of hydrogen-bond donors (Lipinski definition) is 5. The number of aliphatic hydroxyl groups is 3. The molecule has 3 aliphatic rings. The van der Waals surface area contributed by atoms with Gasteiger partial charge >= 0.3 is 5.97 Å². The number of hydrogen-bond acceptors (Lipinski definition) is 8. The molecule has 2 saturated heterocycles. The zero-order chi connectivity index (χ0) is 24.7. The van der Waals surface area contributed by atoms with E-state index < -0.39 is 36.7 Å².